The number of hydrogen-bond donors (Lipinski definition) is 1. The molecule has 2 saturated heterocycles. The van der Waals surface area contributed by atoms with Crippen LogP contribution in [0.15, 0.2) is 85.2 Å². The lowest BCUT2D eigenvalue weighted by Gasteiger charge is -2.38. The molecule has 1 N–H and O–H groups in total. The molecule has 0 bridgehead atoms. The Morgan fingerprint density at radius 3 is 1.41 bits per heavy atom. The molecular weight excluding hydrogens is 848 g/mol. The molecule has 0 unspecified atom stereocenters. The van der Waals surface area contributed by atoms with Gasteiger partial charge in [-0.25, -0.2) is 24.0 Å². The summed E-state index contributed by atoms with van der Waals surface area (Å²) in [5.41, 5.74) is 2.75. The number of ether oxygens (including phenoxy) is 5. The maximum atomic E-state index is 13.6. The molecule has 6 rings (SSSR count). The largest absolute Gasteiger partial charge is 0.497 e. The van der Waals surface area contributed by atoms with Gasteiger partial charge in [-0.1, -0.05) is 12.1 Å². The SMILES string of the molecule is COC(=O)c1ccc(CN(C(=O)N2CCN(C(=O)OC(C)(C)C)CC2)c2cccc(OC)c2)nc1.COC(=O)c1ccc(CN(C(=O)N2CCNCC2)c2cccc(OC)c2)nc1.Cl. The van der Waals surface area contributed by atoms with Gasteiger partial charge in [0.15, 0.2) is 0 Å². The number of methoxy groups -OCH3 is 4. The number of carbonyl (C=O) groups excluding carboxylic acids is 5. The smallest absolute Gasteiger partial charge is 0.410 e. The van der Waals surface area contributed by atoms with E-state index < -0.39 is 17.5 Å². The van der Waals surface area contributed by atoms with E-state index in [0.29, 0.717) is 79.0 Å². The highest BCUT2D eigenvalue weighted by Gasteiger charge is 2.31. The molecule has 4 aromatic rings. The standard InChI is InChI=1S/C25H32N4O6.C20H24N4O4.ClH/c1-25(2,3)35-24(32)28-13-11-27(12-14-28)23(31)29(20-7-6-8-21(15-20)33-4)17-19-10-9-18(16-26-19)22(30)34-5;1-27-18-5-3-4-17(12-18)24(20(26)23-10-8-21-9-11-23)14-16-7-6-15(13-22-16)19(25)28-2;/h6-10,15-16H,11-14,17H2,1-5H3;3-7,12-13,21H,8-11,14H2,1-2H3;1H. The van der Waals surface area contributed by atoms with Gasteiger partial charge in [-0.2, -0.15) is 0 Å². The van der Waals surface area contributed by atoms with E-state index in [1.807, 2.05) is 62.1 Å². The zero-order chi connectivity index (χ0) is 45.5. The normalized spacial score (nSPS) is 13.5. The molecule has 0 spiro atoms. The quantitative estimate of drug-likeness (QED) is 0.147. The second-order valence-electron chi connectivity index (χ2n) is 15.4. The van der Waals surface area contributed by atoms with Crippen LogP contribution in [-0.4, -0.2) is 141 Å². The molecule has 0 saturated carbocycles. The Morgan fingerprint density at radius 2 is 1.03 bits per heavy atom. The number of aromatic nitrogens is 2. The molecule has 4 heterocycles. The van der Waals surface area contributed by atoms with E-state index in [1.54, 1.807) is 70.2 Å². The third-order valence-electron chi connectivity index (χ3n) is 9.91. The van der Waals surface area contributed by atoms with Crippen molar-refractivity contribution in [2.24, 2.45) is 0 Å². The summed E-state index contributed by atoms with van der Waals surface area (Å²) in [6.45, 7) is 10.2. The molecule has 0 atom stereocenters. The molecule has 344 valence electrons. The highest BCUT2D eigenvalue weighted by Crippen LogP contribution is 2.26. The first-order chi connectivity index (χ1) is 30.2. The number of pyridine rings is 2. The van der Waals surface area contributed by atoms with E-state index in [2.05, 4.69) is 15.3 Å². The highest BCUT2D eigenvalue weighted by molar-refractivity contribution is 5.93. The molecule has 19 heteroatoms. The third kappa shape index (κ3) is 13.9. The molecule has 2 aliphatic rings. The summed E-state index contributed by atoms with van der Waals surface area (Å²) in [7, 11) is 5.79. The van der Waals surface area contributed by atoms with E-state index in [4.69, 9.17) is 23.7 Å². The van der Waals surface area contributed by atoms with Gasteiger partial charge in [0.2, 0.25) is 0 Å². The van der Waals surface area contributed by atoms with Crippen LogP contribution in [0.4, 0.5) is 25.8 Å². The number of carbonyl (C=O) groups is 5. The van der Waals surface area contributed by atoms with E-state index in [1.165, 1.54) is 26.6 Å². The number of nitrogens with zero attached hydrogens (tertiary/aromatic N) is 7. The fraction of sp³-hybridized carbons (Fsp3) is 0.400. The second kappa shape index (κ2) is 23.7. The van der Waals surface area contributed by atoms with Crippen LogP contribution in [0.5, 0.6) is 11.5 Å². The minimum atomic E-state index is -0.580. The number of benzene rings is 2. The Balaban J connectivity index is 0.000000283. The van der Waals surface area contributed by atoms with E-state index in [0.717, 1.165) is 18.8 Å². The molecule has 0 aliphatic carbocycles. The monoisotopic (exact) mass is 904 g/mol. The van der Waals surface area contributed by atoms with Gasteiger partial charge in [0.05, 0.1) is 64.0 Å². The van der Waals surface area contributed by atoms with Crippen molar-refractivity contribution in [2.45, 2.75) is 39.5 Å². The molecule has 18 nitrogen and oxygen atoms in total. The lowest BCUT2D eigenvalue weighted by Crippen LogP contribution is -2.54. The average Bonchev–Trinajstić information content (AvgIpc) is 3.32. The summed E-state index contributed by atoms with van der Waals surface area (Å²) < 4.78 is 25.5. The number of rotatable bonds is 10. The van der Waals surface area contributed by atoms with E-state index in [-0.39, 0.29) is 43.7 Å². The first-order valence-corrected chi connectivity index (χ1v) is 20.4. The van der Waals surface area contributed by atoms with Gasteiger partial charge in [-0.3, -0.25) is 19.8 Å². The van der Waals surface area contributed by atoms with Gasteiger partial charge in [0.1, 0.15) is 17.1 Å². The lowest BCUT2D eigenvalue weighted by molar-refractivity contribution is 0.0171. The van der Waals surface area contributed by atoms with Crippen LogP contribution < -0.4 is 24.6 Å². The van der Waals surface area contributed by atoms with Crippen LogP contribution in [0.2, 0.25) is 0 Å². The van der Waals surface area contributed by atoms with Crippen LogP contribution in [0, 0.1) is 0 Å². The van der Waals surface area contributed by atoms with Crippen molar-refractivity contribution in [3.8, 4) is 11.5 Å². The minimum absolute atomic E-state index is 0. The number of piperazine rings is 2. The molecule has 2 aliphatic heterocycles. The zero-order valence-electron chi connectivity index (χ0n) is 37.3. The number of urea groups is 2. The van der Waals surface area contributed by atoms with Gasteiger partial charge < -0.3 is 43.7 Å². The number of nitrogens with one attached hydrogen (secondary N) is 1. The zero-order valence-corrected chi connectivity index (χ0v) is 38.1. The fourth-order valence-corrected chi connectivity index (χ4v) is 6.54. The second-order valence-corrected chi connectivity index (χ2v) is 15.4. The van der Waals surface area contributed by atoms with Crippen LogP contribution >= 0.6 is 12.4 Å². The van der Waals surface area contributed by atoms with Crippen molar-refractivity contribution in [2.75, 3.05) is 90.6 Å². The topological polar surface area (TPSA) is 186 Å². The van der Waals surface area contributed by atoms with Crippen LogP contribution in [0.25, 0.3) is 0 Å². The van der Waals surface area contributed by atoms with Crippen molar-refractivity contribution in [3.63, 3.8) is 0 Å². The Labute approximate surface area is 379 Å². The summed E-state index contributed by atoms with van der Waals surface area (Å²) in [5, 5.41) is 3.25. The summed E-state index contributed by atoms with van der Waals surface area (Å²) in [6.07, 6.45) is 2.50. The van der Waals surface area contributed by atoms with Crippen LogP contribution in [-0.2, 0) is 27.3 Å². The fourth-order valence-electron chi connectivity index (χ4n) is 6.54. The lowest BCUT2D eigenvalue weighted by atomic mass is 10.2. The Hall–Kier alpha value is -6.66. The number of anilines is 2. The maximum Gasteiger partial charge on any atom is 0.410 e. The summed E-state index contributed by atoms with van der Waals surface area (Å²) in [6, 6.07) is 20.9. The predicted molar refractivity (Wildman–Crippen MR) is 241 cm³/mol. The Kier molecular flexibility index (Phi) is 18.5. The predicted octanol–water partition coefficient (Wildman–Crippen LogP) is 5.89. The summed E-state index contributed by atoms with van der Waals surface area (Å²) >= 11 is 0. The van der Waals surface area contributed by atoms with Crippen LogP contribution in [0.1, 0.15) is 52.9 Å². The summed E-state index contributed by atoms with van der Waals surface area (Å²) in [4.78, 5) is 79.6. The third-order valence-corrected chi connectivity index (χ3v) is 9.91. The summed E-state index contributed by atoms with van der Waals surface area (Å²) in [5.74, 6) is 0.363. The number of esters is 2. The van der Waals surface area contributed by atoms with Crippen molar-refractivity contribution < 1.29 is 47.7 Å². The van der Waals surface area contributed by atoms with Gasteiger partial charge in [-0.15, -0.1) is 12.4 Å². The number of halogens is 1. The Morgan fingerprint density at radius 1 is 0.609 bits per heavy atom. The highest BCUT2D eigenvalue weighted by atomic mass is 35.5. The molecule has 2 aromatic heterocycles. The van der Waals surface area contributed by atoms with E-state index in [9.17, 15) is 24.0 Å². The molecular formula is C45H57ClN8O10. The first kappa shape index (κ1) is 50.0. The average molecular weight is 905 g/mol. The van der Waals surface area contributed by atoms with Crippen molar-refractivity contribution >= 4 is 53.9 Å². The molecule has 5 amide bonds. The number of hydrogen-bond acceptors (Lipinski definition) is 13. The van der Waals surface area contributed by atoms with Gasteiger partial charge in [0, 0.05) is 88.3 Å². The molecule has 64 heavy (non-hydrogen) atoms. The van der Waals surface area contributed by atoms with Crippen LogP contribution in [0.3, 0.4) is 0 Å². The maximum absolute atomic E-state index is 13.6. The number of amides is 5. The molecule has 2 fully saturated rings. The van der Waals surface area contributed by atoms with Crippen molar-refractivity contribution in [1.29, 1.82) is 0 Å². The van der Waals surface area contributed by atoms with Crippen molar-refractivity contribution in [1.82, 2.24) is 30.0 Å². The first-order valence-electron chi connectivity index (χ1n) is 20.4. The van der Waals surface area contributed by atoms with Gasteiger partial charge >= 0.3 is 30.1 Å². The van der Waals surface area contributed by atoms with Gasteiger partial charge in [0.25, 0.3) is 0 Å². The Bertz CT molecular complexity index is 2180. The molecule has 0 radical (unpaired) electrons. The van der Waals surface area contributed by atoms with Gasteiger partial charge in [-0.05, 0) is 69.3 Å². The molecule has 2 aromatic carbocycles. The van der Waals surface area contributed by atoms with Crippen molar-refractivity contribution in [3.05, 3.63) is 108 Å². The minimum Gasteiger partial charge on any atom is -0.497 e. The van der Waals surface area contributed by atoms with E-state index >= 15 is 0 Å².